The van der Waals surface area contributed by atoms with Gasteiger partial charge in [-0.05, 0) is 47.9 Å². The van der Waals surface area contributed by atoms with E-state index in [1.165, 1.54) is 5.56 Å². The van der Waals surface area contributed by atoms with Crippen LogP contribution in [0.5, 0.6) is 11.5 Å². The van der Waals surface area contributed by atoms with Gasteiger partial charge in [0, 0.05) is 18.9 Å². The van der Waals surface area contributed by atoms with E-state index < -0.39 is 0 Å². The van der Waals surface area contributed by atoms with Gasteiger partial charge in [-0.3, -0.25) is 0 Å². The molecule has 1 aromatic heterocycles. The van der Waals surface area contributed by atoms with Crippen LogP contribution >= 0.6 is 24.0 Å². The predicted molar refractivity (Wildman–Crippen MR) is 126 cm³/mol. The molecule has 154 valence electrons. The predicted octanol–water partition coefficient (Wildman–Crippen LogP) is 3.15. The van der Waals surface area contributed by atoms with Crippen molar-refractivity contribution in [3.63, 3.8) is 0 Å². The van der Waals surface area contributed by atoms with Gasteiger partial charge in [0.1, 0.15) is 0 Å². The molecule has 0 saturated heterocycles. The van der Waals surface area contributed by atoms with Crippen LogP contribution in [-0.4, -0.2) is 36.5 Å². The second kappa shape index (κ2) is 11.3. The summed E-state index contributed by atoms with van der Waals surface area (Å²) < 4.78 is 12.4. The maximum atomic E-state index is 5.97. The molecule has 3 aromatic rings. The van der Waals surface area contributed by atoms with Crippen LogP contribution in [0.2, 0.25) is 0 Å². The van der Waals surface area contributed by atoms with Crippen molar-refractivity contribution in [3.05, 3.63) is 72.1 Å². The lowest BCUT2D eigenvalue weighted by Crippen LogP contribution is -2.33. The highest BCUT2D eigenvalue weighted by Gasteiger charge is 2.04. The topological polar surface area (TPSA) is 86.7 Å². The number of hydrogen-bond donors (Lipinski definition) is 2. The maximum absolute atomic E-state index is 5.97. The third-order valence-corrected chi connectivity index (χ3v) is 4.31. The Hall–Kier alpha value is -2.75. The summed E-state index contributed by atoms with van der Waals surface area (Å²) in [6.45, 7) is 1.18. The van der Waals surface area contributed by atoms with Gasteiger partial charge in [0.25, 0.3) is 0 Å². The average molecular weight is 507 g/mol. The van der Waals surface area contributed by atoms with Gasteiger partial charge in [-0.1, -0.05) is 18.2 Å². The molecule has 0 radical (unpaired) electrons. The Morgan fingerprint density at radius 1 is 1.07 bits per heavy atom. The summed E-state index contributed by atoms with van der Waals surface area (Å²) in [4.78, 5) is 4.38. The second-order valence-electron chi connectivity index (χ2n) is 6.18. The van der Waals surface area contributed by atoms with Crippen molar-refractivity contribution in [1.29, 1.82) is 0 Å². The van der Waals surface area contributed by atoms with E-state index >= 15 is 0 Å². The Kier molecular flexibility index (Phi) is 8.78. The minimum atomic E-state index is 0. The summed E-state index contributed by atoms with van der Waals surface area (Å²) in [5, 5.41) is 7.37. The molecule has 29 heavy (non-hydrogen) atoms. The highest BCUT2D eigenvalue weighted by molar-refractivity contribution is 14.0. The van der Waals surface area contributed by atoms with Crippen molar-refractivity contribution in [1.82, 2.24) is 15.1 Å². The van der Waals surface area contributed by atoms with E-state index in [-0.39, 0.29) is 24.0 Å². The molecule has 0 unspecified atom stereocenters. The van der Waals surface area contributed by atoms with Gasteiger partial charge in [-0.2, -0.15) is 5.10 Å². The number of benzene rings is 2. The molecule has 0 fully saturated rings. The number of ether oxygens (including phenoxy) is 2. The van der Waals surface area contributed by atoms with Crippen molar-refractivity contribution in [2.75, 3.05) is 20.8 Å². The van der Waals surface area contributed by atoms with Crippen LogP contribution in [0.4, 0.5) is 0 Å². The number of nitrogens with one attached hydrogen (secondary N) is 1. The molecule has 7 nitrogen and oxygen atoms in total. The van der Waals surface area contributed by atoms with E-state index in [2.05, 4.69) is 39.7 Å². The van der Waals surface area contributed by atoms with Gasteiger partial charge in [0.05, 0.1) is 26.5 Å². The molecule has 0 saturated carbocycles. The van der Waals surface area contributed by atoms with E-state index in [1.54, 1.807) is 20.4 Å². The smallest absolute Gasteiger partial charge is 0.188 e. The number of rotatable bonds is 8. The zero-order valence-corrected chi connectivity index (χ0v) is 18.9. The molecule has 8 heteroatoms. The summed E-state index contributed by atoms with van der Waals surface area (Å²) >= 11 is 0. The van der Waals surface area contributed by atoms with Gasteiger partial charge in [0.15, 0.2) is 17.5 Å². The summed E-state index contributed by atoms with van der Waals surface area (Å²) in [5.74, 6) is 1.79. The summed E-state index contributed by atoms with van der Waals surface area (Å²) in [5.41, 5.74) is 9.23. The van der Waals surface area contributed by atoms with Crippen molar-refractivity contribution < 1.29 is 9.47 Å². The Balaban J connectivity index is 0.00000300. The highest BCUT2D eigenvalue weighted by atomic mass is 127. The normalized spacial score (nSPS) is 10.9. The van der Waals surface area contributed by atoms with Gasteiger partial charge in [0.2, 0.25) is 0 Å². The second-order valence-corrected chi connectivity index (χ2v) is 6.18. The zero-order valence-electron chi connectivity index (χ0n) is 16.5. The quantitative estimate of drug-likeness (QED) is 0.278. The molecule has 2 aromatic carbocycles. The lowest BCUT2D eigenvalue weighted by atomic mass is 10.1. The Bertz CT molecular complexity index is 911. The van der Waals surface area contributed by atoms with Crippen molar-refractivity contribution in [3.8, 4) is 17.2 Å². The lowest BCUT2D eigenvalue weighted by molar-refractivity contribution is 0.354. The van der Waals surface area contributed by atoms with Crippen LogP contribution in [0.1, 0.15) is 11.1 Å². The third kappa shape index (κ3) is 6.38. The van der Waals surface area contributed by atoms with Gasteiger partial charge >= 0.3 is 0 Å². The maximum Gasteiger partial charge on any atom is 0.188 e. The van der Waals surface area contributed by atoms with E-state index in [0.717, 1.165) is 17.7 Å². The molecule has 0 bridgehead atoms. The Morgan fingerprint density at radius 3 is 2.45 bits per heavy atom. The first kappa shape index (κ1) is 22.5. The highest BCUT2D eigenvalue weighted by Crippen LogP contribution is 2.27. The monoisotopic (exact) mass is 507 g/mol. The lowest BCUT2D eigenvalue weighted by Gasteiger charge is -2.09. The molecule has 0 amide bonds. The minimum Gasteiger partial charge on any atom is -0.493 e. The first-order valence-electron chi connectivity index (χ1n) is 9.03. The molecular formula is C21H26IN5O2. The zero-order chi connectivity index (χ0) is 19.8. The number of halogens is 1. The first-order valence-corrected chi connectivity index (χ1v) is 9.03. The summed E-state index contributed by atoms with van der Waals surface area (Å²) in [7, 11) is 3.23. The number of hydrogen-bond acceptors (Lipinski definition) is 4. The van der Waals surface area contributed by atoms with Crippen LogP contribution in [0, 0.1) is 0 Å². The largest absolute Gasteiger partial charge is 0.493 e. The number of nitrogens with two attached hydrogens (primary N) is 1. The molecule has 0 aliphatic rings. The Morgan fingerprint density at radius 2 is 1.79 bits per heavy atom. The molecular weight excluding hydrogens is 481 g/mol. The summed E-state index contributed by atoms with van der Waals surface area (Å²) in [6.07, 6.45) is 4.54. The third-order valence-electron chi connectivity index (χ3n) is 4.31. The number of guanidine groups is 1. The van der Waals surface area contributed by atoms with Gasteiger partial charge in [-0.15, -0.1) is 24.0 Å². The van der Waals surface area contributed by atoms with Crippen LogP contribution in [0.25, 0.3) is 5.69 Å². The fraction of sp³-hybridized carbons (Fsp3) is 0.238. The van der Waals surface area contributed by atoms with E-state index in [0.29, 0.717) is 30.5 Å². The van der Waals surface area contributed by atoms with Crippen molar-refractivity contribution in [2.24, 2.45) is 10.7 Å². The molecule has 3 rings (SSSR count). The number of nitrogens with zero attached hydrogens (tertiary/aromatic N) is 3. The number of methoxy groups -OCH3 is 2. The summed E-state index contributed by atoms with van der Waals surface area (Å²) in [6, 6.07) is 15.9. The van der Waals surface area contributed by atoms with E-state index in [1.807, 2.05) is 35.1 Å². The fourth-order valence-corrected chi connectivity index (χ4v) is 2.78. The number of aliphatic imine (C=N–C) groups is 1. The Labute approximate surface area is 187 Å². The molecule has 0 atom stereocenters. The van der Waals surface area contributed by atoms with Gasteiger partial charge < -0.3 is 20.5 Å². The minimum absolute atomic E-state index is 0. The fourth-order valence-electron chi connectivity index (χ4n) is 2.78. The van der Waals surface area contributed by atoms with Crippen LogP contribution in [0.3, 0.4) is 0 Å². The first-order chi connectivity index (χ1) is 13.7. The molecule has 3 N–H and O–H groups in total. The average Bonchev–Trinajstić information content (AvgIpc) is 3.27. The van der Waals surface area contributed by atoms with Gasteiger partial charge in [-0.25, -0.2) is 9.67 Å². The van der Waals surface area contributed by atoms with Crippen molar-refractivity contribution >= 4 is 29.9 Å². The molecule has 0 aliphatic carbocycles. The molecule has 0 aliphatic heterocycles. The van der Waals surface area contributed by atoms with E-state index in [4.69, 9.17) is 15.2 Å². The van der Waals surface area contributed by atoms with Crippen molar-refractivity contribution in [2.45, 2.75) is 13.0 Å². The van der Waals surface area contributed by atoms with Crippen LogP contribution in [0.15, 0.2) is 65.9 Å². The number of aromatic nitrogens is 2. The van der Waals surface area contributed by atoms with Crippen LogP contribution in [-0.2, 0) is 13.0 Å². The standard InChI is InChI=1S/C21H25N5O2.HI/c1-27-19-9-6-17(14-20(19)28-2)15-24-21(22)23-12-10-16-4-7-18(8-5-16)26-13-3-11-25-26;/h3-9,11,13-14H,10,12,15H2,1-2H3,(H3,22,23,24);1H. The van der Waals surface area contributed by atoms with Crippen LogP contribution < -0.4 is 20.5 Å². The van der Waals surface area contributed by atoms with E-state index in [9.17, 15) is 0 Å². The molecule has 0 spiro atoms. The molecule has 1 heterocycles. The SMILES string of the molecule is COc1ccc(CN=C(N)NCCc2ccc(-n3cccn3)cc2)cc1OC.I.